The number of H-pyrrole nitrogens is 1. The van der Waals surface area contributed by atoms with E-state index >= 15 is 0 Å². The van der Waals surface area contributed by atoms with Gasteiger partial charge in [-0.15, -0.1) is 0 Å². The van der Waals surface area contributed by atoms with E-state index in [0.717, 1.165) is 16.5 Å². The van der Waals surface area contributed by atoms with Gasteiger partial charge in [-0.1, -0.05) is 19.9 Å². The summed E-state index contributed by atoms with van der Waals surface area (Å²) in [6.07, 6.45) is 1.82. The Bertz CT molecular complexity index is 1100. The summed E-state index contributed by atoms with van der Waals surface area (Å²) in [4.78, 5) is 15.4. The van der Waals surface area contributed by atoms with Gasteiger partial charge >= 0.3 is 0 Å². The SMILES string of the molecule is COc1ccc(S(=O)(=O)N(Cc2ccc3[nH]ccc3c2)[C@@H](C(N)=O)C(C)C)cc1. The van der Waals surface area contributed by atoms with E-state index in [9.17, 15) is 13.2 Å². The minimum absolute atomic E-state index is 0.0290. The van der Waals surface area contributed by atoms with E-state index < -0.39 is 22.0 Å². The van der Waals surface area contributed by atoms with Gasteiger partial charge in [0.25, 0.3) is 0 Å². The van der Waals surface area contributed by atoms with E-state index in [-0.39, 0.29) is 17.4 Å². The van der Waals surface area contributed by atoms with Crippen molar-refractivity contribution in [3.63, 3.8) is 0 Å². The number of aromatic nitrogens is 1. The minimum Gasteiger partial charge on any atom is -0.497 e. The largest absolute Gasteiger partial charge is 0.497 e. The molecule has 0 fully saturated rings. The number of rotatable bonds is 8. The minimum atomic E-state index is -3.98. The Balaban J connectivity index is 2.06. The maximum Gasteiger partial charge on any atom is 0.244 e. The van der Waals surface area contributed by atoms with E-state index in [1.165, 1.54) is 23.5 Å². The van der Waals surface area contributed by atoms with Gasteiger partial charge in [0.2, 0.25) is 15.9 Å². The molecule has 1 aromatic heterocycles. The normalized spacial score (nSPS) is 13.1. The Labute approximate surface area is 170 Å². The maximum atomic E-state index is 13.5. The first-order chi connectivity index (χ1) is 13.7. The van der Waals surface area contributed by atoms with Gasteiger partial charge in [0.15, 0.2) is 0 Å². The number of aromatic amines is 1. The lowest BCUT2D eigenvalue weighted by Gasteiger charge is -2.31. The summed E-state index contributed by atoms with van der Waals surface area (Å²) >= 11 is 0. The summed E-state index contributed by atoms with van der Waals surface area (Å²) in [5.74, 6) is -0.431. The summed E-state index contributed by atoms with van der Waals surface area (Å²) in [7, 11) is -2.48. The summed E-state index contributed by atoms with van der Waals surface area (Å²) in [5.41, 5.74) is 7.33. The third kappa shape index (κ3) is 4.28. The Morgan fingerprint density at radius 1 is 1.14 bits per heavy atom. The average Bonchev–Trinajstić information content (AvgIpc) is 3.14. The highest BCUT2D eigenvalue weighted by molar-refractivity contribution is 7.89. The molecule has 0 radical (unpaired) electrons. The number of sulfonamides is 1. The lowest BCUT2D eigenvalue weighted by Crippen LogP contribution is -2.50. The molecule has 1 atom stereocenters. The van der Waals surface area contributed by atoms with E-state index in [1.807, 2.05) is 30.5 Å². The molecule has 2 aromatic carbocycles. The number of benzene rings is 2. The van der Waals surface area contributed by atoms with Gasteiger partial charge in [0.1, 0.15) is 11.8 Å². The molecule has 0 aliphatic rings. The highest BCUT2D eigenvalue weighted by Crippen LogP contribution is 2.27. The highest BCUT2D eigenvalue weighted by Gasteiger charge is 2.37. The van der Waals surface area contributed by atoms with E-state index in [0.29, 0.717) is 5.75 Å². The Morgan fingerprint density at radius 2 is 1.83 bits per heavy atom. The van der Waals surface area contributed by atoms with Crippen LogP contribution in [-0.4, -0.2) is 36.8 Å². The quantitative estimate of drug-likeness (QED) is 0.590. The fourth-order valence-corrected chi connectivity index (χ4v) is 5.12. The van der Waals surface area contributed by atoms with Crippen molar-refractivity contribution in [2.24, 2.45) is 11.7 Å². The third-order valence-electron chi connectivity index (χ3n) is 4.86. The monoisotopic (exact) mass is 415 g/mol. The number of fused-ring (bicyclic) bond motifs is 1. The van der Waals surface area contributed by atoms with Crippen molar-refractivity contribution >= 4 is 26.8 Å². The summed E-state index contributed by atoms with van der Waals surface area (Å²) < 4.78 is 33.2. The Kier molecular flexibility index (Phi) is 5.95. The molecule has 8 heteroatoms. The van der Waals surface area contributed by atoms with Crippen LogP contribution in [0.4, 0.5) is 0 Å². The van der Waals surface area contributed by atoms with E-state index in [4.69, 9.17) is 10.5 Å². The van der Waals surface area contributed by atoms with Crippen molar-refractivity contribution in [1.29, 1.82) is 0 Å². The molecule has 3 rings (SSSR count). The number of ether oxygens (including phenoxy) is 1. The van der Waals surface area contributed by atoms with Crippen molar-refractivity contribution in [2.75, 3.05) is 7.11 Å². The highest BCUT2D eigenvalue weighted by atomic mass is 32.2. The molecule has 3 N–H and O–H groups in total. The van der Waals surface area contributed by atoms with E-state index in [1.54, 1.807) is 26.0 Å². The molecule has 0 saturated heterocycles. The van der Waals surface area contributed by atoms with Crippen molar-refractivity contribution in [2.45, 2.75) is 31.3 Å². The van der Waals surface area contributed by atoms with Crippen LogP contribution in [0.25, 0.3) is 10.9 Å². The smallest absolute Gasteiger partial charge is 0.244 e. The standard InChI is InChI=1S/C21H25N3O4S/c1-14(2)20(21(22)25)24(13-15-4-9-19-16(12-15)10-11-23-19)29(26,27)18-7-5-17(28-3)6-8-18/h4-12,14,20,23H,13H2,1-3H3,(H2,22,25)/t20-/m1/s1. The fraction of sp³-hybridized carbons (Fsp3) is 0.286. The summed E-state index contributed by atoms with van der Waals surface area (Å²) in [6.45, 7) is 3.59. The van der Waals surface area contributed by atoms with Crippen molar-refractivity contribution < 1.29 is 17.9 Å². The number of hydrogen-bond donors (Lipinski definition) is 2. The molecule has 0 aliphatic carbocycles. The fourth-order valence-electron chi connectivity index (χ4n) is 3.40. The number of methoxy groups -OCH3 is 1. The molecule has 3 aromatic rings. The summed E-state index contributed by atoms with van der Waals surface area (Å²) in [5, 5.41) is 0.962. The first-order valence-electron chi connectivity index (χ1n) is 9.25. The second kappa shape index (κ2) is 8.26. The van der Waals surface area contributed by atoms with Crippen LogP contribution in [0.15, 0.2) is 59.6 Å². The van der Waals surface area contributed by atoms with Crippen molar-refractivity contribution in [1.82, 2.24) is 9.29 Å². The second-order valence-corrected chi connectivity index (χ2v) is 9.11. The van der Waals surface area contributed by atoms with Gasteiger partial charge < -0.3 is 15.5 Å². The molecular formula is C21H25N3O4S. The zero-order valence-corrected chi connectivity index (χ0v) is 17.4. The number of carbonyl (C=O) groups excluding carboxylic acids is 1. The second-order valence-electron chi connectivity index (χ2n) is 7.22. The zero-order valence-electron chi connectivity index (χ0n) is 16.6. The van der Waals surface area contributed by atoms with Crippen molar-refractivity contribution in [3.8, 4) is 5.75 Å². The van der Waals surface area contributed by atoms with Gasteiger partial charge in [0, 0.05) is 18.3 Å². The number of nitrogens with one attached hydrogen (secondary N) is 1. The molecule has 7 nitrogen and oxygen atoms in total. The third-order valence-corrected chi connectivity index (χ3v) is 6.70. The molecule has 1 amide bonds. The summed E-state index contributed by atoms with van der Waals surface area (Å²) in [6, 6.07) is 12.6. The van der Waals surface area contributed by atoms with Crippen LogP contribution in [0.5, 0.6) is 5.75 Å². The number of nitrogens with zero attached hydrogens (tertiary/aromatic N) is 1. The van der Waals surface area contributed by atoms with Crippen LogP contribution in [-0.2, 0) is 21.4 Å². The predicted octanol–water partition coefficient (Wildman–Crippen LogP) is 2.88. The van der Waals surface area contributed by atoms with Crippen LogP contribution in [0, 0.1) is 5.92 Å². The number of carbonyl (C=O) groups is 1. The number of hydrogen-bond acceptors (Lipinski definition) is 4. The average molecular weight is 416 g/mol. The number of nitrogens with two attached hydrogens (primary N) is 1. The van der Waals surface area contributed by atoms with Crippen LogP contribution in [0.2, 0.25) is 0 Å². The number of primary amides is 1. The maximum absolute atomic E-state index is 13.5. The Hall–Kier alpha value is -2.84. The molecule has 0 spiro atoms. The van der Waals surface area contributed by atoms with Gasteiger partial charge in [0.05, 0.1) is 12.0 Å². The molecule has 0 aliphatic heterocycles. The molecule has 1 heterocycles. The van der Waals surface area contributed by atoms with Crippen molar-refractivity contribution in [3.05, 3.63) is 60.3 Å². The molecule has 0 saturated carbocycles. The lowest BCUT2D eigenvalue weighted by molar-refractivity contribution is -0.123. The van der Waals surface area contributed by atoms with E-state index in [2.05, 4.69) is 4.98 Å². The molecule has 0 bridgehead atoms. The molecule has 29 heavy (non-hydrogen) atoms. The molecular weight excluding hydrogens is 390 g/mol. The molecule has 0 unspecified atom stereocenters. The first kappa shape index (κ1) is 20.9. The van der Waals surface area contributed by atoms with Crippen LogP contribution in [0.1, 0.15) is 19.4 Å². The Morgan fingerprint density at radius 3 is 2.41 bits per heavy atom. The van der Waals surface area contributed by atoms with Gasteiger partial charge in [-0.25, -0.2) is 8.42 Å². The van der Waals surface area contributed by atoms with Crippen LogP contribution >= 0.6 is 0 Å². The molecule has 154 valence electrons. The van der Waals surface area contributed by atoms with Crippen LogP contribution < -0.4 is 10.5 Å². The predicted molar refractivity (Wildman–Crippen MR) is 112 cm³/mol. The van der Waals surface area contributed by atoms with Gasteiger partial charge in [-0.3, -0.25) is 4.79 Å². The first-order valence-corrected chi connectivity index (χ1v) is 10.7. The lowest BCUT2D eigenvalue weighted by atomic mass is 10.0. The zero-order chi connectivity index (χ0) is 21.2. The van der Waals surface area contributed by atoms with Gasteiger partial charge in [-0.05, 0) is 59.3 Å². The van der Waals surface area contributed by atoms with Gasteiger partial charge in [-0.2, -0.15) is 4.31 Å². The van der Waals surface area contributed by atoms with Crippen LogP contribution in [0.3, 0.4) is 0 Å². The topological polar surface area (TPSA) is 105 Å². The number of amides is 1.